The Bertz CT molecular complexity index is 1180. The van der Waals surface area contributed by atoms with E-state index in [4.69, 9.17) is 4.74 Å². The summed E-state index contributed by atoms with van der Waals surface area (Å²) < 4.78 is 64.8. The molecule has 0 N–H and O–H groups in total. The van der Waals surface area contributed by atoms with Crippen LogP contribution in [0.25, 0.3) is 22.3 Å². The summed E-state index contributed by atoms with van der Waals surface area (Å²) in [6.07, 6.45) is 6.01. The van der Waals surface area contributed by atoms with E-state index in [0.717, 1.165) is 12.8 Å². The fourth-order valence-electron chi connectivity index (χ4n) is 4.45. The van der Waals surface area contributed by atoms with Crippen LogP contribution in [0.15, 0.2) is 60.7 Å². The zero-order valence-electron chi connectivity index (χ0n) is 19.4. The smallest absolute Gasteiger partial charge is 0.167 e. The van der Waals surface area contributed by atoms with Crippen LogP contribution in [-0.4, -0.2) is 6.61 Å². The number of ether oxygens (including phenoxy) is 1. The maximum absolute atomic E-state index is 15.0. The van der Waals surface area contributed by atoms with Crippen molar-refractivity contribution in [3.05, 3.63) is 95.1 Å². The Kier molecular flexibility index (Phi) is 7.52. The van der Waals surface area contributed by atoms with Gasteiger partial charge >= 0.3 is 0 Å². The number of hydrogen-bond acceptors (Lipinski definition) is 1. The molecule has 0 aliphatic carbocycles. The van der Waals surface area contributed by atoms with Crippen molar-refractivity contribution in [3.63, 3.8) is 0 Å². The molecule has 0 radical (unpaired) electrons. The van der Waals surface area contributed by atoms with Gasteiger partial charge < -0.3 is 4.74 Å². The van der Waals surface area contributed by atoms with Crippen molar-refractivity contribution < 1.29 is 22.3 Å². The Hall–Kier alpha value is -2.92. The van der Waals surface area contributed by atoms with Crippen LogP contribution in [0, 0.1) is 29.2 Å². The second kappa shape index (κ2) is 10.6. The first-order chi connectivity index (χ1) is 16.4. The van der Waals surface area contributed by atoms with E-state index in [1.807, 2.05) is 6.92 Å². The van der Waals surface area contributed by atoms with Crippen LogP contribution in [0.3, 0.4) is 0 Å². The van der Waals surface area contributed by atoms with Gasteiger partial charge in [-0.2, -0.15) is 0 Å². The summed E-state index contributed by atoms with van der Waals surface area (Å²) in [6.45, 7) is 4.47. The van der Waals surface area contributed by atoms with Gasteiger partial charge in [-0.25, -0.2) is 17.6 Å². The lowest BCUT2D eigenvalue weighted by atomic mass is 9.91. The summed E-state index contributed by atoms with van der Waals surface area (Å²) in [5.74, 6) is -3.17. The first-order valence-corrected chi connectivity index (χ1v) is 11.7. The maximum Gasteiger partial charge on any atom is 0.167 e. The number of rotatable bonds is 6. The van der Waals surface area contributed by atoms with E-state index in [0.29, 0.717) is 36.5 Å². The third-order valence-electron chi connectivity index (χ3n) is 6.65. The van der Waals surface area contributed by atoms with Crippen LogP contribution >= 0.6 is 0 Å². The second-order valence-corrected chi connectivity index (χ2v) is 8.75. The van der Waals surface area contributed by atoms with Crippen LogP contribution in [-0.2, 0) is 11.2 Å². The molecule has 178 valence electrons. The standard InChI is InChI=1S/C29H28F4O/c1-3-5-6-21-12-13-22(27(31)26(21)30)19-8-10-20(11-9-19)23-14-15-24(29(33)28(23)32)25-16-7-18(4-2)17-34-25/h3,5,8-15,18,25H,4,6-7,16-17H2,1-2H3/b5-3-. The zero-order chi connectivity index (χ0) is 24.2. The van der Waals surface area contributed by atoms with Crippen LogP contribution in [0.2, 0.25) is 0 Å². The van der Waals surface area contributed by atoms with Crippen molar-refractivity contribution >= 4 is 0 Å². The molecule has 2 unspecified atom stereocenters. The summed E-state index contributed by atoms with van der Waals surface area (Å²) in [4.78, 5) is 0. The highest BCUT2D eigenvalue weighted by Gasteiger charge is 2.26. The normalized spacial score (nSPS) is 18.5. The minimum Gasteiger partial charge on any atom is -0.373 e. The van der Waals surface area contributed by atoms with E-state index in [9.17, 15) is 17.6 Å². The third kappa shape index (κ3) is 4.80. The van der Waals surface area contributed by atoms with Crippen molar-refractivity contribution in [2.75, 3.05) is 6.61 Å². The Morgan fingerprint density at radius 1 is 0.794 bits per heavy atom. The highest BCUT2D eigenvalue weighted by Crippen LogP contribution is 2.36. The third-order valence-corrected chi connectivity index (χ3v) is 6.65. The van der Waals surface area contributed by atoms with E-state index >= 15 is 0 Å². The van der Waals surface area contributed by atoms with Gasteiger partial charge in [0.2, 0.25) is 0 Å². The maximum atomic E-state index is 15.0. The van der Waals surface area contributed by atoms with Gasteiger partial charge in [-0.3, -0.25) is 0 Å². The lowest BCUT2D eigenvalue weighted by Gasteiger charge is -2.29. The SMILES string of the molecule is C/C=C\Cc1ccc(-c2ccc(-c3ccc(C4CCC(CC)CO4)c(F)c3F)cc2)c(F)c1F. The van der Waals surface area contributed by atoms with Gasteiger partial charge in [0, 0.05) is 16.7 Å². The number of allylic oxidation sites excluding steroid dienone is 2. The summed E-state index contributed by atoms with van der Waals surface area (Å²) in [5, 5.41) is 0. The van der Waals surface area contributed by atoms with Crippen molar-refractivity contribution in [1.29, 1.82) is 0 Å². The van der Waals surface area contributed by atoms with Crippen molar-refractivity contribution in [2.24, 2.45) is 5.92 Å². The number of hydrogen-bond donors (Lipinski definition) is 0. The molecule has 0 bridgehead atoms. The largest absolute Gasteiger partial charge is 0.373 e. The zero-order valence-corrected chi connectivity index (χ0v) is 19.4. The minimum absolute atomic E-state index is 0.114. The molecule has 0 aromatic heterocycles. The lowest BCUT2D eigenvalue weighted by Crippen LogP contribution is -2.21. The molecule has 1 aliphatic rings. The fourth-order valence-corrected chi connectivity index (χ4v) is 4.45. The number of benzene rings is 3. The monoisotopic (exact) mass is 468 g/mol. The van der Waals surface area contributed by atoms with E-state index < -0.39 is 29.4 Å². The summed E-state index contributed by atoms with van der Waals surface area (Å²) >= 11 is 0. The van der Waals surface area contributed by atoms with Gasteiger partial charge in [0.25, 0.3) is 0 Å². The van der Waals surface area contributed by atoms with Gasteiger partial charge in [-0.1, -0.05) is 74.0 Å². The van der Waals surface area contributed by atoms with E-state index in [1.54, 1.807) is 54.6 Å². The fraction of sp³-hybridized carbons (Fsp3) is 0.310. The van der Waals surface area contributed by atoms with E-state index in [-0.39, 0.29) is 22.3 Å². The van der Waals surface area contributed by atoms with Crippen molar-refractivity contribution in [2.45, 2.75) is 45.6 Å². The Balaban J connectivity index is 1.58. The molecule has 0 saturated carbocycles. The summed E-state index contributed by atoms with van der Waals surface area (Å²) in [5.41, 5.74) is 1.66. The highest BCUT2D eigenvalue weighted by molar-refractivity contribution is 5.71. The predicted octanol–water partition coefficient (Wildman–Crippen LogP) is 8.57. The molecule has 0 amide bonds. The van der Waals surface area contributed by atoms with Gasteiger partial charge in [-0.15, -0.1) is 0 Å². The van der Waals surface area contributed by atoms with Gasteiger partial charge in [0.05, 0.1) is 12.7 Å². The Labute approximate surface area is 198 Å². The van der Waals surface area contributed by atoms with Crippen LogP contribution in [0.4, 0.5) is 17.6 Å². The summed E-state index contributed by atoms with van der Waals surface area (Å²) in [6, 6.07) is 12.6. The van der Waals surface area contributed by atoms with Crippen molar-refractivity contribution in [1.82, 2.24) is 0 Å². The molecule has 1 heterocycles. The molecule has 34 heavy (non-hydrogen) atoms. The quantitative estimate of drug-likeness (QED) is 0.260. The molecule has 3 aromatic rings. The molecule has 1 saturated heterocycles. The predicted molar refractivity (Wildman–Crippen MR) is 127 cm³/mol. The highest BCUT2D eigenvalue weighted by atomic mass is 19.2. The molecule has 5 heteroatoms. The molecular weight excluding hydrogens is 440 g/mol. The Morgan fingerprint density at radius 2 is 1.41 bits per heavy atom. The van der Waals surface area contributed by atoms with Crippen molar-refractivity contribution in [3.8, 4) is 22.3 Å². The molecular formula is C29H28F4O. The van der Waals surface area contributed by atoms with Crippen LogP contribution in [0.1, 0.15) is 50.3 Å². The first-order valence-electron chi connectivity index (χ1n) is 11.7. The molecule has 2 atom stereocenters. The molecule has 4 rings (SSSR count). The van der Waals surface area contributed by atoms with Gasteiger partial charge in [0.15, 0.2) is 23.3 Å². The van der Waals surface area contributed by atoms with Crippen LogP contribution < -0.4 is 0 Å². The summed E-state index contributed by atoms with van der Waals surface area (Å²) in [7, 11) is 0. The second-order valence-electron chi connectivity index (χ2n) is 8.75. The molecule has 0 spiro atoms. The molecule has 1 aliphatic heterocycles. The molecule has 1 nitrogen and oxygen atoms in total. The van der Waals surface area contributed by atoms with Crippen LogP contribution in [0.5, 0.6) is 0 Å². The van der Waals surface area contributed by atoms with Gasteiger partial charge in [-0.05, 0) is 48.8 Å². The molecule has 1 fully saturated rings. The number of halogens is 4. The topological polar surface area (TPSA) is 9.23 Å². The minimum atomic E-state index is -0.933. The Morgan fingerprint density at radius 3 is 1.97 bits per heavy atom. The lowest BCUT2D eigenvalue weighted by molar-refractivity contribution is -0.0200. The van der Waals surface area contributed by atoms with Gasteiger partial charge in [0.1, 0.15) is 0 Å². The molecule has 3 aromatic carbocycles. The van der Waals surface area contributed by atoms with E-state index in [1.165, 1.54) is 6.07 Å². The van der Waals surface area contributed by atoms with E-state index in [2.05, 4.69) is 6.92 Å². The first kappa shape index (κ1) is 24.2. The average Bonchev–Trinajstić information content (AvgIpc) is 2.87. The average molecular weight is 469 g/mol.